The maximum Gasteiger partial charge on any atom is 0.271 e. The van der Waals surface area contributed by atoms with Crippen LogP contribution in [0.2, 0.25) is 0 Å². The predicted molar refractivity (Wildman–Crippen MR) is 154 cm³/mol. The van der Waals surface area contributed by atoms with Crippen LogP contribution in [0.25, 0.3) is 16.9 Å². The van der Waals surface area contributed by atoms with Gasteiger partial charge in [0.25, 0.3) is 5.91 Å². The highest BCUT2D eigenvalue weighted by atomic mass is 32.1. The molecule has 0 bridgehead atoms. The van der Waals surface area contributed by atoms with Crippen LogP contribution in [0.3, 0.4) is 0 Å². The zero-order valence-electron chi connectivity index (χ0n) is 21.3. The molecule has 0 saturated heterocycles. The molecule has 1 aliphatic heterocycles. The first-order valence-corrected chi connectivity index (χ1v) is 13.2. The summed E-state index contributed by atoms with van der Waals surface area (Å²) in [6.45, 7) is 4.27. The minimum absolute atomic E-state index is 0.237. The predicted octanol–water partition coefficient (Wildman–Crippen LogP) is 6.45. The van der Waals surface area contributed by atoms with Crippen molar-refractivity contribution in [3.05, 3.63) is 107 Å². The molecule has 194 valence electrons. The number of hydrogen-bond acceptors (Lipinski definition) is 7. The van der Waals surface area contributed by atoms with Crippen molar-refractivity contribution in [1.29, 1.82) is 0 Å². The van der Waals surface area contributed by atoms with E-state index in [9.17, 15) is 4.79 Å². The normalized spacial score (nSPS) is 12.2. The molecule has 1 aliphatic rings. The fraction of sp³-hybridized carbons (Fsp3) is 0.100. The summed E-state index contributed by atoms with van der Waals surface area (Å²) >= 11 is 1.53. The number of thiazole rings is 1. The van der Waals surface area contributed by atoms with E-state index in [1.807, 2.05) is 86.0 Å². The smallest absolute Gasteiger partial charge is 0.271 e. The zero-order valence-corrected chi connectivity index (χ0v) is 22.2. The number of benzene rings is 3. The van der Waals surface area contributed by atoms with Crippen LogP contribution >= 0.6 is 11.3 Å². The lowest BCUT2D eigenvalue weighted by Gasteiger charge is -2.10. The van der Waals surface area contributed by atoms with Crippen LogP contribution in [0.15, 0.2) is 89.3 Å². The molecule has 0 radical (unpaired) electrons. The molecule has 3 heterocycles. The number of aryl methyl sites for hydroxylation is 1. The van der Waals surface area contributed by atoms with Crippen molar-refractivity contribution in [2.75, 3.05) is 12.1 Å². The number of hydrogen-bond donors (Lipinski definition) is 2. The van der Waals surface area contributed by atoms with E-state index >= 15 is 0 Å². The number of rotatable bonds is 7. The third-order valence-electron chi connectivity index (χ3n) is 6.43. The molecule has 2 aromatic heterocycles. The van der Waals surface area contributed by atoms with Crippen LogP contribution in [0.4, 0.5) is 10.8 Å². The number of ether oxygens (including phenoxy) is 2. The van der Waals surface area contributed by atoms with Gasteiger partial charge < -0.3 is 19.4 Å². The Bertz CT molecular complexity index is 1670. The summed E-state index contributed by atoms with van der Waals surface area (Å²) in [7, 11) is 0. The van der Waals surface area contributed by atoms with Gasteiger partial charge in [0.05, 0.1) is 11.9 Å². The van der Waals surface area contributed by atoms with Crippen molar-refractivity contribution in [1.82, 2.24) is 15.0 Å². The quantitative estimate of drug-likeness (QED) is 0.185. The maximum absolute atomic E-state index is 12.7. The summed E-state index contributed by atoms with van der Waals surface area (Å²) < 4.78 is 13.0. The van der Waals surface area contributed by atoms with Gasteiger partial charge in [0.1, 0.15) is 0 Å². The number of carbonyl (C=O) groups excluding carboxylic acids is 1. The number of nitrogens with zero attached hydrogens (tertiary/aromatic N) is 3. The first-order chi connectivity index (χ1) is 19.0. The molecule has 0 fully saturated rings. The number of aromatic nitrogens is 2. The largest absolute Gasteiger partial charge is 0.454 e. The summed E-state index contributed by atoms with van der Waals surface area (Å²) in [5.74, 6) is 1.19. The van der Waals surface area contributed by atoms with Crippen molar-refractivity contribution in [3.8, 4) is 28.4 Å². The van der Waals surface area contributed by atoms with Crippen LogP contribution in [0.5, 0.6) is 11.5 Å². The fourth-order valence-electron chi connectivity index (χ4n) is 4.47. The highest BCUT2D eigenvalue weighted by Gasteiger charge is 2.16. The average Bonchev–Trinajstić information content (AvgIpc) is 3.68. The van der Waals surface area contributed by atoms with Gasteiger partial charge in [0, 0.05) is 50.9 Å². The maximum atomic E-state index is 12.7. The lowest BCUT2D eigenvalue weighted by atomic mass is 10.2. The second-order valence-corrected chi connectivity index (χ2v) is 9.86. The summed E-state index contributed by atoms with van der Waals surface area (Å²) in [5.41, 5.74) is 9.89. The average molecular weight is 536 g/mol. The Morgan fingerprint density at radius 1 is 1.00 bits per heavy atom. The molecule has 0 saturated carbocycles. The zero-order chi connectivity index (χ0) is 26.8. The molecule has 5 aromatic rings. The van der Waals surface area contributed by atoms with Crippen LogP contribution in [0.1, 0.15) is 27.3 Å². The first kappa shape index (κ1) is 24.4. The highest BCUT2D eigenvalue weighted by Crippen LogP contribution is 2.35. The number of anilines is 2. The van der Waals surface area contributed by atoms with Gasteiger partial charge in [-0.1, -0.05) is 30.3 Å². The summed E-state index contributed by atoms with van der Waals surface area (Å²) in [6.07, 6.45) is 1.66. The lowest BCUT2D eigenvalue weighted by molar-refractivity contribution is 0.0955. The summed E-state index contributed by atoms with van der Waals surface area (Å²) in [6, 6.07) is 25.1. The van der Waals surface area contributed by atoms with Gasteiger partial charge in [-0.25, -0.2) is 10.4 Å². The van der Waals surface area contributed by atoms with Crippen molar-refractivity contribution in [2.45, 2.75) is 13.8 Å². The van der Waals surface area contributed by atoms with E-state index in [4.69, 9.17) is 9.47 Å². The molecule has 39 heavy (non-hydrogen) atoms. The minimum atomic E-state index is -0.289. The van der Waals surface area contributed by atoms with Crippen molar-refractivity contribution >= 4 is 34.3 Å². The number of hydrazone groups is 1. The van der Waals surface area contributed by atoms with Gasteiger partial charge in [-0.3, -0.25) is 4.79 Å². The van der Waals surface area contributed by atoms with Crippen LogP contribution in [0, 0.1) is 13.8 Å². The van der Waals surface area contributed by atoms with E-state index in [-0.39, 0.29) is 12.7 Å². The molecule has 2 N–H and O–H groups in total. The van der Waals surface area contributed by atoms with Crippen LogP contribution in [-0.4, -0.2) is 28.5 Å². The fourth-order valence-corrected chi connectivity index (χ4v) is 5.21. The van der Waals surface area contributed by atoms with Gasteiger partial charge in [-0.2, -0.15) is 5.10 Å². The second kappa shape index (κ2) is 10.5. The Hall–Kier alpha value is -4.89. The third kappa shape index (κ3) is 5.12. The highest BCUT2D eigenvalue weighted by molar-refractivity contribution is 7.14. The van der Waals surface area contributed by atoms with Gasteiger partial charge in [-0.15, -0.1) is 11.3 Å². The summed E-state index contributed by atoms with van der Waals surface area (Å²) in [5, 5.41) is 10.3. The van der Waals surface area contributed by atoms with Gasteiger partial charge >= 0.3 is 0 Å². The van der Waals surface area contributed by atoms with Crippen molar-refractivity contribution in [3.63, 3.8) is 0 Å². The minimum Gasteiger partial charge on any atom is -0.454 e. The molecule has 6 rings (SSSR count). The van der Waals surface area contributed by atoms with Crippen molar-refractivity contribution in [2.24, 2.45) is 5.10 Å². The topological polar surface area (TPSA) is 89.8 Å². The molecule has 0 aliphatic carbocycles. The van der Waals surface area contributed by atoms with E-state index in [1.54, 1.807) is 18.3 Å². The molecule has 1 amide bonds. The molecular formula is C30H25N5O3S. The standard InChI is InChI=1S/C30H25N5O3S/c1-19-14-23(20(2)35(19)25-12-13-27-28(15-25)38-18-37-27)16-31-34-29(36)22-8-10-24(11-9-22)32-30-33-26(17-39-30)21-6-4-3-5-7-21/h3-17H,18H2,1-2H3,(H,32,33)(H,34,36). The number of nitrogens with one attached hydrogen (secondary N) is 2. The molecule has 9 heteroatoms. The summed E-state index contributed by atoms with van der Waals surface area (Å²) in [4.78, 5) is 17.3. The SMILES string of the molecule is Cc1cc(C=NNC(=O)c2ccc(Nc3nc(-c4ccccc4)cs3)cc2)c(C)n1-c1ccc2c(c1)OCO2. The number of amides is 1. The van der Waals surface area contributed by atoms with Crippen LogP contribution < -0.4 is 20.2 Å². The Morgan fingerprint density at radius 3 is 2.62 bits per heavy atom. The van der Waals surface area contributed by atoms with Gasteiger partial charge in [-0.05, 0) is 56.3 Å². The van der Waals surface area contributed by atoms with E-state index in [0.717, 1.165) is 56.2 Å². The van der Waals surface area contributed by atoms with E-state index < -0.39 is 0 Å². The molecule has 3 aromatic carbocycles. The van der Waals surface area contributed by atoms with Gasteiger partial charge in [0.15, 0.2) is 16.6 Å². The Balaban J connectivity index is 1.09. The van der Waals surface area contributed by atoms with Crippen molar-refractivity contribution < 1.29 is 14.3 Å². The van der Waals surface area contributed by atoms with Crippen LogP contribution in [-0.2, 0) is 0 Å². The monoisotopic (exact) mass is 535 g/mol. The molecular weight excluding hydrogens is 510 g/mol. The van der Waals surface area contributed by atoms with E-state index in [2.05, 4.69) is 25.4 Å². The molecule has 0 unspecified atom stereocenters. The molecule has 0 atom stereocenters. The van der Waals surface area contributed by atoms with Gasteiger partial charge in [0.2, 0.25) is 6.79 Å². The Kier molecular flexibility index (Phi) is 6.56. The lowest BCUT2D eigenvalue weighted by Crippen LogP contribution is -2.17. The van der Waals surface area contributed by atoms with E-state index in [1.165, 1.54) is 11.3 Å². The third-order valence-corrected chi connectivity index (χ3v) is 7.18. The second-order valence-electron chi connectivity index (χ2n) is 9.00. The first-order valence-electron chi connectivity index (χ1n) is 12.4. The Morgan fingerprint density at radius 2 is 1.79 bits per heavy atom. The molecule has 0 spiro atoms. The molecule has 8 nitrogen and oxygen atoms in total. The number of fused-ring (bicyclic) bond motifs is 1. The number of carbonyl (C=O) groups is 1. The Labute approximate surface area is 229 Å². The van der Waals surface area contributed by atoms with E-state index in [0.29, 0.717) is 5.56 Å².